The summed E-state index contributed by atoms with van der Waals surface area (Å²) in [6, 6.07) is 16.6. The number of rotatable bonds is 5. The second-order valence-corrected chi connectivity index (χ2v) is 8.41. The maximum Gasteiger partial charge on any atom is 0.265 e. The van der Waals surface area contributed by atoms with Gasteiger partial charge in [-0.05, 0) is 47.7 Å². The molecule has 0 radical (unpaired) electrons. The second kappa shape index (κ2) is 8.90. The van der Waals surface area contributed by atoms with E-state index in [-0.39, 0.29) is 11.8 Å². The SMILES string of the molecule is CCC1Oc2ccc(NC(=O)c3cccs3)cc2CN(Cc2ccccc2Cl)C1=O. The molecule has 154 valence electrons. The Morgan fingerprint density at radius 3 is 2.80 bits per heavy atom. The van der Waals surface area contributed by atoms with E-state index in [9.17, 15) is 9.59 Å². The number of thiophene rings is 1. The average Bonchev–Trinajstić information content (AvgIpc) is 3.25. The molecule has 1 atom stereocenters. The fraction of sp³-hybridized carbons (Fsp3) is 0.217. The van der Waals surface area contributed by atoms with Crippen molar-refractivity contribution in [3.8, 4) is 5.75 Å². The van der Waals surface area contributed by atoms with Crippen molar-refractivity contribution in [1.82, 2.24) is 4.90 Å². The molecule has 5 nitrogen and oxygen atoms in total. The summed E-state index contributed by atoms with van der Waals surface area (Å²) in [7, 11) is 0. The number of ether oxygens (including phenoxy) is 1. The summed E-state index contributed by atoms with van der Waals surface area (Å²) < 4.78 is 6.01. The van der Waals surface area contributed by atoms with Crippen molar-refractivity contribution in [2.75, 3.05) is 5.32 Å². The highest BCUT2D eigenvalue weighted by Crippen LogP contribution is 2.31. The molecule has 1 aliphatic heterocycles. The van der Waals surface area contributed by atoms with E-state index >= 15 is 0 Å². The summed E-state index contributed by atoms with van der Waals surface area (Å²) in [5.74, 6) is 0.429. The van der Waals surface area contributed by atoms with Crippen LogP contribution in [0.5, 0.6) is 5.75 Å². The Morgan fingerprint density at radius 1 is 1.23 bits per heavy atom. The Balaban J connectivity index is 1.61. The van der Waals surface area contributed by atoms with Gasteiger partial charge >= 0.3 is 0 Å². The standard InChI is InChI=1S/C23H21ClN2O3S/c1-2-19-23(28)26(13-15-6-3-4-7-18(15)24)14-16-12-17(9-10-20(16)29-19)25-22(27)21-8-5-11-30-21/h3-12,19H,2,13-14H2,1H3,(H,25,27). The van der Waals surface area contributed by atoms with Crippen LogP contribution in [0.25, 0.3) is 0 Å². The Labute approximate surface area is 184 Å². The van der Waals surface area contributed by atoms with Gasteiger partial charge in [0.25, 0.3) is 11.8 Å². The van der Waals surface area contributed by atoms with Crippen molar-refractivity contribution in [2.24, 2.45) is 0 Å². The molecule has 0 spiro atoms. The number of halogens is 1. The second-order valence-electron chi connectivity index (χ2n) is 7.05. The highest BCUT2D eigenvalue weighted by Gasteiger charge is 2.30. The van der Waals surface area contributed by atoms with Crippen molar-refractivity contribution in [3.63, 3.8) is 0 Å². The molecule has 2 heterocycles. The van der Waals surface area contributed by atoms with E-state index in [1.54, 1.807) is 17.0 Å². The Bertz CT molecular complexity index is 1070. The molecule has 1 N–H and O–H groups in total. The molecule has 0 saturated heterocycles. The number of hydrogen-bond acceptors (Lipinski definition) is 4. The van der Waals surface area contributed by atoms with Gasteiger partial charge in [0.05, 0.1) is 4.88 Å². The quantitative estimate of drug-likeness (QED) is 0.581. The first-order chi connectivity index (χ1) is 14.5. The molecule has 0 saturated carbocycles. The zero-order valence-corrected chi connectivity index (χ0v) is 18.0. The number of amides is 2. The maximum absolute atomic E-state index is 13.1. The summed E-state index contributed by atoms with van der Waals surface area (Å²) in [5, 5.41) is 5.41. The average molecular weight is 441 g/mol. The zero-order valence-electron chi connectivity index (χ0n) is 16.4. The highest BCUT2D eigenvalue weighted by atomic mass is 35.5. The van der Waals surface area contributed by atoms with Gasteiger partial charge in [-0.1, -0.05) is 42.8 Å². The van der Waals surface area contributed by atoms with Gasteiger partial charge in [-0.2, -0.15) is 0 Å². The molecule has 0 aliphatic carbocycles. The van der Waals surface area contributed by atoms with Crippen LogP contribution in [0.4, 0.5) is 5.69 Å². The number of nitrogens with zero attached hydrogens (tertiary/aromatic N) is 1. The first-order valence-corrected chi connectivity index (χ1v) is 11.0. The van der Waals surface area contributed by atoms with Crippen molar-refractivity contribution < 1.29 is 14.3 Å². The molecule has 2 aromatic carbocycles. The van der Waals surface area contributed by atoms with Crippen LogP contribution < -0.4 is 10.1 Å². The van der Waals surface area contributed by atoms with Gasteiger partial charge in [-0.15, -0.1) is 11.3 Å². The number of carbonyl (C=O) groups is 2. The van der Waals surface area contributed by atoms with Crippen LogP contribution in [-0.4, -0.2) is 22.8 Å². The molecular formula is C23H21ClN2O3S. The van der Waals surface area contributed by atoms with E-state index in [0.717, 1.165) is 11.1 Å². The molecular weight excluding hydrogens is 420 g/mol. The number of hydrogen-bond donors (Lipinski definition) is 1. The van der Waals surface area contributed by atoms with Gasteiger partial charge in [0, 0.05) is 29.4 Å². The van der Waals surface area contributed by atoms with Crippen LogP contribution >= 0.6 is 22.9 Å². The van der Waals surface area contributed by atoms with E-state index in [0.29, 0.717) is 40.8 Å². The largest absolute Gasteiger partial charge is 0.480 e. The lowest BCUT2D eigenvalue weighted by molar-refractivity contribution is -0.139. The molecule has 2 amide bonds. The van der Waals surface area contributed by atoms with E-state index in [1.165, 1.54) is 11.3 Å². The molecule has 1 aromatic heterocycles. The Kier molecular flexibility index (Phi) is 6.06. The van der Waals surface area contributed by atoms with Gasteiger partial charge in [0.2, 0.25) is 0 Å². The topological polar surface area (TPSA) is 58.6 Å². The fourth-order valence-electron chi connectivity index (χ4n) is 3.41. The molecule has 1 unspecified atom stereocenters. The summed E-state index contributed by atoms with van der Waals surface area (Å²) >= 11 is 7.70. The molecule has 7 heteroatoms. The smallest absolute Gasteiger partial charge is 0.265 e. The summed E-state index contributed by atoms with van der Waals surface area (Å²) in [6.07, 6.45) is 0.00837. The third-order valence-electron chi connectivity index (χ3n) is 4.97. The molecule has 1 aliphatic rings. The maximum atomic E-state index is 13.1. The number of nitrogens with one attached hydrogen (secondary N) is 1. The third kappa shape index (κ3) is 4.35. The monoisotopic (exact) mass is 440 g/mol. The van der Waals surface area contributed by atoms with E-state index in [4.69, 9.17) is 16.3 Å². The highest BCUT2D eigenvalue weighted by molar-refractivity contribution is 7.12. The van der Waals surface area contributed by atoms with Crippen LogP contribution in [0.3, 0.4) is 0 Å². The summed E-state index contributed by atoms with van der Waals surface area (Å²) in [4.78, 5) is 27.9. The van der Waals surface area contributed by atoms with Gasteiger partial charge in [0.15, 0.2) is 6.10 Å². The van der Waals surface area contributed by atoms with Crippen molar-refractivity contribution in [2.45, 2.75) is 32.5 Å². The van der Waals surface area contributed by atoms with E-state index in [2.05, 4.69) is 5.32 Å². The van der Waals surface area contributed by atoms with Gasteiger partial charge in [-0.3, -0.25) is 9.59 Å². The minimum atomic E-state index is -0.555. The number of benzene rings is 2. The minimum absolute atomic E-state index is 0.0715. The van der Waals surface area contributed by atoms with Crippen molar-refractivity contribution in [1.29, 1.82) is 0 Å². The number of fused-ring (bicyclic) bond motifs is 1. The van der Waals surface area contributed by atoms with Crippen LogP contribution in [-0.2, 0) is 17.9 Å². The molecule has 4 rings (SSSR count). The number of carbonyl (C=O) groups excluding carboxylic acids is 2. The normalized spacial score (nSPS) is 15.9. The molecule has 30 heavy (non-hydrogen) atoms. The lowest BCUT2D eigenvalue weighted by Gasteiger charge is -2.23. The predicted octanol–water partition coefficient (Wildman–Crippen LogP) is 5.35. The fourth-order valence-corrected chi connectivity index (χ4v) is 4.23. The zero-order chi connectivity index (χ0) is 21.1. The van der Waals surface area contributed by atoms with Gasteiger partial charge < -0.3 is 15.0 Å². The summed E-state index contributed by atoms with van der Waals surface area (Å²) in [5.41, 5.74) is 2.39. The van der Waals surface area contributed by atoms with Crippen molar-refractivity contribution in [3.05, 3.63) is 81.0 Å². The van der Waals surface area contributed by atoms with Crippen LogP contribution in [0.2, 0.25) is 5.02 Å². The van der Waals surface area contributed by atoms with Crippen LogP contribution in [0.15, 0.2) is 60.0 Å². The van der Waals surface area contributed by atoms with Gasteiger partial charge in [0.1, 0.15) is 5.75 Å². The van der Waals surface area contributed by atoms with Crippen LogP contribution in [0, 0.1) is 0 Å². The minimum Gasteiger partial charge on any atom is -0.480 e. The Morgan fingerprint density at radius 2 is 2.07 bits per heavy atom. The van der Waals surface area contributed by atoms with E-state index in [1.807, 2.05) is 54.8 Å². The molecule has 0 fully saturated rings. The number of anilines is 1. The molecule has 3 aromatic rings. The van der Waals surface area contributed by atoms with E-state index < -0.39 is 6.10 Å². The van der Waals surface area contributed by atoms with Crippen LogP contribution in [0.1, 0.15) is 34.1 Å². The molecule has 0 bridgehead atoms. The third-order valence-corrected chi connectivity index (χ3v) is 6.21. The Hall–Kier alpha value is -2.83. The first-order valence-electron chi connectivity index (χ1n) is 9.71. The van der Waals surface area contributed by atoms with Crippen molar-refractivity contribution >= 4 is 40.4 Å². The summed E-state index contributed by atoms with van der Waals surface area (Å²) in [6.45, 7) is 2.69. The van der Waals surface area contributed by atoms with Gasteiger partial charge in [-0.25, -0.2) is 0 Å². The first kappa shape index (κ1) is 20.4. The lowest BCUT2D eigenvalue weighted by atomic mass is 10.1. The predicted molar refractivity (Wildman–Crippen MR) is 119 cm³/mol. The lowest BCUT2D eigenvalue weighted by Crippen LogP contribution is -2.38.